The first-order valence-electron chi connectivity index (χ1n) is 20.6. The van der Waals surface area contributed by atoms with E-state index < -0.39 is 0 Å². The van der Waals surface area contributed by atoms with Crippen LogP contribution in [0.15, 0.2) is 104 Å². The summed E-state index contributed by atoms with van der Waals surface area (Å²) in [6.45, 7) is 18.1. The van der Waals surface area contributed by atoms with E-state index in [-0.39, 0.29) is 21.1 Å². The molecule has 0 bridgehead atoms. The number of aromatic nitrogens is 7. The van der Waals surface area contributed by atoms with E-state index in [0.717, 1.165) is 66.4 Å². The van der Waals surface area contributed by atoms with Crippen molar-refractivity contribution in [2.45, 2.75) is 79.1 Å². The van der Waals surface area contributed by atoms with Crippen molar-refractivity contribution in [3.63, 3.8) is 0 Å². The number of pyridine rings is 3. The van der Waals surface area contributed by atoms with Crippen LogP contribution in [0.5, 0.6) is 11.5 Å². The number of benzene rings is 4. The maximum atomic E-state index is 6.60. The smallest absolute Gasteiger partial charge is 0.497 e. The van der Waals surface area contributed by atoms with Gasteiger partial charge in [0.05, 0.1) is 28.2 Å². The van der Waals surface area contributed by atoms with Gasteiger partial charge >= 0.3 is 21.1 Å². The molecule has 4 aromatic carbocycles. The molecule has 0 aliphatic rings. The van der Waals surface area contributed by atoms with E-state index >= 15 is 0 Å². The van der Waals surface area contributed by atoms with E-state index in [2.05, 4.69) is 141 Å². The summed E-state index contributed by atoms with van der Waals surface area (Å²) in [5.74, 6) is 2.37. The Kier molecular flexibility index (Phi) is 10.0. The number of imidazole rings is 2. The van der Waals surface area contributed by atoms with Gasteiger partial charge in [-0.1, -0.05) is 144 Å². The molecule has 0 radical (unpaired) electrons. The van der Waals surface area contributed by atoms with Crippen LogP contribution in [0, 0.1) is 12.1 Å². The summed E-state index contributed by atoms with van der Waals surface area (Å²) in [6, 6.07) is 33.0. The van der Waals surface area contributed by atoms with Gasteiger partial charge in [-0.3, -0.25) is 15.0 Å². The van der Waals surface area contributed by atoms with Crippen LogP contribution in [0.3, 0.4) is 0 Å². The zero-order valence-electron chi connectivity index (χ0n) is 35.0. The third kappa shape index (κ3) is 6.26. The van der Waals surface area contributed by atoms with E-state index in [0.29, 0.717) is 35.2 Å². The maximum Gasteiger partial charge on any atom is 2.00 e. The summed E-state index contributed by atoms with van der Waals surface area (Å²) in [6.07, 6.45) is 9.09. The van der Waals surface area contributed by atoms with Gasteiger partial charge in [0.25, 0.3) is 0 Å². The van der Waals surface area contributed by atoms with Gasteiger partial charge in [-0.2, -0.15) is 0 Å². The molecule has 0 aliphatic heterocycles. The number of hydrogen-bond acceptors (Lipinski definition) is 6. The van der Waals surface area contributed by atoms with E-state index in [4.69, 9.17) is 14.7 Å². The molecule has 6 heterocycles. The van der Waals surface area contributed by atoms with Crippen LogP contribution in [0.2, 0.25) is 0 Å². The molecule has 0 saturated carbocycles. The molecule has 9 heteroatoms. The number of ether oxygens (including phenoxy) is 1. The largest absolute Gasteiger partial charge is 2.00 e. The van der Waals surface area contributed by atoms with Crippen molar-refractivity contribution in [1.29, 1.82) is 0 Å². The molecular formula is C51H45N7OPt. The first kappa shape index (κ1) is 39.5. The van der Waals surface area contributed by atoms with E-state index in [1.54, 1.807) is 18.6 Å². The Morgan fingerprint density at radius 2 is 1.07 bits per heavy atom. The molecule has 60 heavy (non-hydrogen) atoms. The third-order valence-corrected chi connectivity index (χ3v) is 11.7. The molecule has 0 spiro atoms. The molecule has 0 amide bonds. The standard InChI is InChI=1S/C51H45N7O.Pt/c1-28(2)34-11-9-12-35(29(3)4)45(34)43-20-19-40-38-17-15-32(59-33-16-18-39-42(26-33)48-54-23-24-57(48)51-47(39)52-21-22-53-51)25-41(38)49-55-27-44(58(49)50(40)56-43)46-36(30(5)6)13-10-14-37(46)31(7)8;/h9-24,27-31H,1-8H3;/q-2;+2. The molecule has 0 atom stereocenters. The molecule has 8 nitrogen and oxygen atoms in total. The van der Waals surface area contributed by atoms with Crippen molar-refractivity contribution in [3.05, 3.63) is 138 Å². The van der Waals surface area contributed by atoms with Crippen LogP contribution >= 0.6 is 0 Å². The average Bonchev–Trinajstić information content (AvgIpc) is 3.92. The second-order valence-electron chi connectivity index (χ2n) is 16.8. The van der Waals surface area contributed by atoms with Crippen molar-refractivity contribution < 1.29 is 25.8 Å². The average molecular weight is 967 g/mol. The molecular weight excluding hydrogens is 922 g/mol. The Bertz CT molecular complexity index is 3230. The molecule has 0 aliphatic carbocycles. The van der Waals surface area contributed by atoms with Gasteiger partial charge in [-0.15, -0.1) is 12.1 Å². The quantitative estimate of drug-likeness (QED) is 0.111. The van der Waals surface area contributed by atoms with Crippen LogP contribution in [0.25, 0.3) is 77.6 Å². The zero-order chi connectivity index (χ0) is 40.7. The molecule has 0 fully saturated rings. The Hall–Kier alpha value is -5.98. The Labute approximate surface area is 364 Å². The van der Waals surface area contributed by atoms with Gasteiger partial charge < -0.3 is 13.5 Å². The summed E-state index contributed by atoms with van der Waals surface area (Å²) in [5.41, 5.74) is 13.5. The first-order valence-corrected chi connectivity index (χ1v) is 20.6. The number of fused-ring (bicyclic) bond motifs is 12. The fourth-order valence-corrected chi connectivity index (χ4v) is 8.90. The monoisotopic (exact) mass is 966 g/mol. The fourth-order valence-electron chi connectivity index (χ4n) is 8.90. The molecule has 0 N–H and O–H groups in total. The predicted octanol–water partition coefficient (Wildman–Crippen LogP) is 13.0. The molecule has 10 aromatic rings. The molecule has 10 rings (SSSR count). The molecule has 6 aromatic heterocycles. The first-order chi connectivity index (χ1) is 28.6. The van der Waals surface area contributed by atoms with Gasteiger partial charge in [-0.05, 0) is 57.4 Å². The van der Waals surface area contributed by atoms with Crippen molar-refractivity contribution in [1.82, 2.24) is 33.7 Å². The van der Waals surface area contributed by atoms with Crippen LogP contribution < -0.4 is 4.74 Å². The summed E-state index contributed by atoms with van der Waals surface area (Å²) in [7, 11) is 0. The number of hydrogen-bond donors (Lipinski definition) is 0. The summed E-state index contributed by atoms with van der Waals surface area (Å²) >= 11 is 0. The second-order valence-corrected chi connectivity index (χ2v) is 16.8. The molecule has 0 saturated heterocycles. The minimum absolute atomic E-state index is 0. The van der Waals surface area contributed by atoms with Crippen LogP contribution in [-0.2, 0) is 21.1 Å². The number of nitrogens with zero attached hydrogens (tertiary/aromatic N) is 7. The number of rotatable bonds is 8. The van der Waals surface area contributed by atoms with Gasteiger partial charge in [0, 0.05) is 53.6 Å². The molecule has 0 unspecified atom stereocenters. The van der Waals surface area contributed by atoms with Gasteiger partial charge in [0.1, 0.15) is 11.3 Å². The molecule has 300 valence electrons. The minimum Gasteiger partial charge on any atom is -0.497 e. The van der Waals surface area contributed by atoms with Crippen molar-refractivity contribution >= 4 is 55.0 Å². The van der Waals surface area contributed by atoms with Gasteiger partial charge in [-0.25, -0.2) is 9.97 Å². The normalized spacial score (nSPS) is 12.1. The van der Waals surface area contributed by atoms with Gasteiger partial charge in [0.2, 0.25) is 0 Å². The van der Waals surface area contributed by atoms with Crippen LogP contribution in [-0.4, -0.2) is 33.7 Å². The summed E-state index contributed by atoms with van der Waals surface area (Å²) < 4.78 is 10.8. The van der Waals surface area contributed by atoms with E-state index in [9.17, 15) is 0 Å². The Morgan fingerprint density at radius 3 is 1.70 bits per heavy atom. The van der Waals surface area contributed by atoms with Crippen LogP contribution in [0.4, 0.5) is 0 Å². The Morgan fingerprint density at radius 1 is 0.517 bits per heavy atom. The van der Waals surface area contributed by atoms with Crippen molar-refractivity contribution in [2.24, 2.45) is 0 Å². The van der Waals surface area contributed by atoms with E-state index in [1.165, 1.54) is 33.4 Å². The second kappa shape index (κ2) is 15.2. The van der Waals surface area contributed by atoms with Gasteiger partial charge in [0.15, 0.2) is 0 Å². The summed E-state index contributed by atoms with van der Waals surface area (Å²) in [5, 5.41) is 4.59. The van der Waals surface area contributed by atoms with Crippen molar-refractivity contribution in [3.8, 4) is 34.0 Å². The Balaban J connectivity index is 0.00000462. The predicted molar refractivity (Wildman–Crippen MR) is 239 cm³/mol. The van der Waals surface area contributed by atoms with Crippen molar-refractivity contribution in [2.75, 3.05) is 0 Å². The fraction of sp³-hybridized carbons (Fsp3) is 0.235. The minimum atomic E-state index is 0. The topological polar surface area (TPSA) is 82.5 Å². The van der Waals surface area contributed by atoms with Crippen LogP contribution in [0.1, 0.15) is 101 Å². The summed E-state index contributed by atoms with van der Waals surface area (Å²) in [4.78, 5) is 24.7. The van der Waals surface area contributed by atoms with E-state index in [1.807, 2.05) is 35.0 Å². The third-order valence-electron chi connectivity index (χ3n) is 11.7. The maximum absolute atomic E-state index is 6.60. The zero-order valence-corrected chi connectivity index (χ0v) is 37.3. The SMILES string of the molecule is CC(C)c1cccc(C(C)C)c1-c1ccc2c3ccc(Oc4[c-]c5c(cc4)c4nccnc4n4ccnc54)[c-]c3c3ncc(-c4c(C(C)C)cccc4C(C)C)n3c2n1.[Pt+2].